The van der Waals surface area contributed by atoms with E-state index in [1.54, 1.807) is 36.9 Å². The van der Waals surface area contributed by atoms with Crippen molar-refractivity contribution < 1.29 is 0 Å². The van der Waals surface area contributed by atoms with Crippen molar-refractivity contribution in [1.82, 2.24) is 35.3 Å². The molecule has 7 heteroatoms. The lowest BCUT2D eigenvalue weighted by atomic mass is 10.3. The summed E-state index contributed by atoms with van der Waals surface area (Å²) in [6, 6.07) is 3.48. The fraction of sp³-hybridized carbons (Fsp3) is 0. The molecule has 0 bridgehead atoms. The van der Waals surface area contributed by atoms with Crippen molar-refractivity contribution >= 4 is 0 Å². The first-order valence-corrected chi connectivity index (χ1v) is 4.90. The van der Waals surface area contributed by atoms with E-state index in [9.17, 15) is 0 Å². The quantitative estimate of drug-likeness (QED) is 0.690. The molecule has 0 radical (unpaired) electrons. The van der Waals surface area contributed by atoms with Crippen molar-refractivity contribution in [2.24, 2.45) is 0 Å². The molecule has 3 aromatic heterocycles. The highest BCUT2D eigenvalue weighted by atomic mass is 15.3. The van der Waals surface area contributed by atoms with E-state index in [0.29, 0.717) is 23.0 Å². The Morgan fingerprint density at radius 2 is 1.06 bits per heavy atom. The summed E-state index contributed by atoms with van der Waals surface area (Å²) in [4.78, 5) is 16.5. The summed E-state index contributed by atoms with van der Waals surface area (Å²) in [6.07, 6.45) is 6.58. The first-order valence-electron chi connectivity index (χ1n) is 4.90. The summed E-state index contributed by atoms with van der Waals surface area (Å²) in [7, 11) is 0. The molecule has 0 aliphatic rings. The summed E-state index contributed by atoms with van der Waals surface area (Å²) in [5.41, 5.74) is 1.08. The molecular weight excluding hydrogens is 218 g/mol. The minimum atomic E-state index is 0.490. The fourth-order valence-electron chi connectivity index (χ4n) is 1.39. The lowest BCUT2D eigenvalue weighted by Crippen LogP contribution is -1.93. The molecule has 3 heterocycles. The van der Waals surface area contributed by atoms with E-state index in [2.05, 4.69) is 35.3 Å². The largest absolute Gasteiger partial charge is 0.235 e. The average Bonchev–Trinajstić information content (AvgIpc) is 2.90. The Balaban J connectivity index is 2.13. The number of aromatic amines is 1. The molecule has 0 spiro atoms. The summed E-state index contributed by atoms with van der Waals surface area (Å²) >= 11 is 0. The second-order valence-corrected chi connectivity index (χ2v) is 3.17. The maximum absolute atomic E-state index is 4.12. The highest BCUT2D eigenvalue weighted by Crippen LogP contribution is 2.21. The molecule has 0 saturated carbocycles. The third kappa shape index (κ3) is 1.73. The van der Waals surface area contributed by atoms with Crippen molar-refractivity contribution in [1.29, 1.82) is 0 Å². The Bertz CT molecular complexity index is 551. The van der Waals surface area contributed by atoms with Crippen LogP contribution >= 0.6 is 0 Å². The van der Waals surface area contributed by atoms with Crippen molar-refractivity contribution in [2.45, 2.75) is 0 Å². The van der Waals surface area contributed by atoms with Crippen LogP contribution in [0, 0.1) is 0 Å². The van der Waals surface area contributed by atoms with Crippen LogP contribution in [0.25, 0.3) is 23.0 Å². The van der Waals surface area contributed by atoms with Crippen LogP contribution in [0.3, 0.4) is 0 Å². The van der Waals surface area contributed by atoms with Crippen LogP contribution < -0.4 is 0 Å². The zero-order valence-electron chi connectivity index (χ0n) is 8.65. The molecule has 0 aliphatic carbocycles. The van der Waals surface area contributed by atoms with Gasteiger partial charge < -0.3 is 0 Å². The highest BCUT2D eigenvalue weighted by molar-refractivity contribution is 5.68. The number of H-pyrrole nitrogens is 1. The number of nitrogens with one attached hydrogen (secondary N) is 1. The summed E-state index contributed by atoms with van der Waals surface area (Å²) < 4.78 is 0. The molecule has 0 unspecified atom stereocenters. The van der Waals surface area contributed by atoms with Crippen LogP contribution in [0.15, 0.2) is 36.9 Å². The van der Waals surface area contributed by atoms with Crippen LogP contribution in [-0.2, 0) is 0 Å². The summed E-state index contributed by atoms with van der Waals surface area (Å²) in [5, 5.41) is 10.6. The van der Waals surface area contributed by atoms with Gasteiger partial charge in [0.2, 0.25) is 0 Å². The van der Waals surface area contributed by atoms with Gasteiger partial charge in [-0.1, -0.05) is 0 Å². The van der Waals surface area contributed by atoms with Crippen LogP contribution in [0.4, 0.5) is 0 Å². The van der Waals surface area contributed by atoms with Gasteiger partial charge in [-0.15, -0.1) is 0 Å². The second kappa shape index (κ2) is 4.05. The lowest BCUT2D eigenvalue weighted by molar-refractivity contribution is 0.936. The lowest BCUT2D eigenvalue weighted by Gasteiger charge is -1.97. The van der Waals surface area contributed by atoms with Gasteiger partial charge in [0.1, 0.15) is 0 Å². The van der Waals surface area contributed by atoms with Gasteiger partial charge >= 0.3 is 0 Å². The molecule has 17 heavy (non-hydrogen) atoms. The van der Waals surface area contributed by atoms with Gasteiger partial charge in [-0.3, -0.25) is 0 Å². The van der Waals surface area contributed by atoms with Gasteiger partial charge in [-0.2, -0.15) is 15.4 Å². The Hall–Kier alpha value is -2.70. The van der Waals surface area contributed by atoms with Crippen LogP contribution in [-0.4, -0.2) is 35.3 Å². The van der Waals surface area contributed by atoms with E-state index in [4.69, 9.17) is 0 Å². The predicted octanol–water partition coefficient (Wildman–Crippen LogP) is 0.719. The van der Waals surface area contributed by atoms with E-state index < -0.39 is 0 Å². The number of aromatic nitrogens is 7. The number of hydrogen-bond acceptors (Lipinski definition) is 6. The first-order chi connectivity index (χ1) is 8.45. The van der Waals surface area contributed by atoms with Gasteiger partial charge in [0.05, 0.1) is 0 Å². The molecular formula is C10H7N7. The van der Waals surface area contributed by atoms with Crippen molar-refractivity contribution in [3.05, 3.63) is 36.9 Å². The molecule has 7 nitrogen and oxygen atoms in total. The zero-order chi connectivity index (χ0) is 11.5. The molecule has 0 aromatic carbocycles. The molecule has 0 atom stereocenters. The minimum Gasteiger partial charge on any atom is -0.235 e. The standard InChI is InChI=1S/C10H7N7/c1-3-11-9(12-4-1)7-8(16-17-15-7)10-13-5-2-6-14-10/h1-6H,(H,15,16,17). The molecule has 3 aromatic rings. The number of rotatable bonds is 2. The summed E-state index contributed by atoms with van der Waals surface area (Å²) in [6.45, 7) is 0. The van der Waals surface area contributed by atoms with Gasteiger partial charge in [-0.25, -0.2) is 19.9 Å². The Morgan fingerprint density at radius 1 is 0.647 bits per heavy atom. The van der Waals surface area contributed by atoms with E-state index in [1.165, 1.54) is 0 Å². The number of hydrogen-bond donors (Lipinski definition) is 1. The van der Waals surface area contributed by atoms with Crippen molar-refractivity contribution in [3.8, 4) is 23.0 Å². The summed E-state index contributed by atoms with van der Waals surface area (Å²) in [5.74, 6) is 0.979. The van der Waals surface area contributed by atoms with Crippen LogP contribution in [0.2, 0.25) is 0 Å². The Labute approximate surface area is 96.0 Å². The van der Waals surface area contributed by atoms with Crippen molar-refractivity contribution in [2.75, 3.05) is 0 Å². The molecule has 3 rings (SSSR count). The zero-order valence-corrected chi connectivity index (χ0v) is 8.65. The number of nitrogens with zero attached hydrogens (tertiary/aromatic N) is 6. The average molecular weight is 225 g/mol. The predicted molar refractivity (Wildman–Crippen MR) is 58.4 cm³/mol. The van der Waals surface area contributed by atoms with Crippen LogP contribution in [0.1, 0.15) is 0 Å². The van der Waals surface area contributed by atoms with Crippen molar-refractivity contribution in [3.63, 3.8) is 0 Å². The Kier molecular flexibility index (Phi) is 2.27. The third-order valence-electron chi connectivity index (χ3n) is 2.10. The van der Waals surface area contributed by atoms with Gasteiger partial charge in [0.15, 0.2) is 23.0 Å². The normalized spacial score (nSPS) is 10.4. The second-order valence-electron chi connectivity index (χ2n) is 3.17. The van der Waals surface area contributed by atoms with E-state index in [0.717, 1.165) is 0 Å². The maximum Gasteiger partial charge on any atom is 0.182 e. The first kappa shape index (κ1) is 9.52. The molecule has 0 fully saturated rings. The minimum absolute atomic E-state index is 0.490. The topological polar surface area (TPSA) is 93.1 Å². The van der Waals surface area contributed by atoms with E-state index in [-0.39, 0.29) is 0 Å². The van der Waals surface area contributed by atoms with Gasteiger partial charge in [-0.05, 0) is 12.1 Å². The molecule has 0 aliphatic heterocycles. The monoisotopic (exact) mass is 225 g/mol. The maximum atomic E-state index is 4.12. The molecule has 82 valence electrons. The molecule has 0 saturated heterocycles. The van der Waals surface area contributed by atoms with Crippen LogP contribution in [0.5, 0.6) is 0 Å². The van der Waals surface area contributed by atoms with Gasteiger partial charge in [0.25, 0.3) is 0 Å². The van der Waals surface area contributed by atoms with E-state index >= 15 is 0 Å². The van der Waals surface area contributed by atoms with Gasteiger partial charge in [0, 0.05) is 24.8 Å². The molecule has 0 amide bonds. The Morgan fingerprint density at radius 3 is 1.47 bits per heavy atom. The smallest absolute Gasteiger partial charge is 0.182 e. The van der Waals surface area contributed by atoms with E-state index in [1.807, 2.05) is 0 Å². The fourth-order valence-corrected chi connectivity index (χ4v) is 1.39. The highest BCUT2D eigenvalue weighted by Gasteiger charge is 2.15. The SMILES string of the molecule is c1cnc(-c2n[nH]nc2-c2ncccn2)nc1. The molecule has 1 N–H and O–H groups in total. The third-order valence-corrected chi connectivity index (χ3v) is 2.10.